The number of likely N-dealkylation sites (N-methyl/N-ethyl adjacent to an activating group) is 1. The number of rotatable bonds is 11. The fourth-order valence-corrected chi connectivity index (χ4v) is 4.37. The van der Waals surface area contributed by atoms with Crippen molar-refractivity contribution < 1.29 is 23.9 Å². The second kappa shape index (κ2) is 11.7. The van der Waals surface area contributed by atoms with Crippen LogP contribution in [0.4, 0.5) is 5.69 Å². The molecule has 0 aliphatic carbocycles. The zero-order chi connectivity index (χ0) is 24.6. The number of carbonyl (C=O) groups excluding carboxylic acids is 3. The summed E-state index contributed by atoms with van der Waals surface area (Å²) in [5, 5.41) is 3.15. The molecule has 1 unspecified atom stereocenters. The summed E-state index contributed by atoms with van der Waals surface area (Å²) in [6.07, 6.45) is 1.42. The molecule has 2 aromatic carbocycles. The van der Waals surface area contributed by atoms with Gasteiger partial charge in [-0.1, -0.05) is 48.5 Å². The Labute approximate surface area is 201 Å². The summed E-state index contributed by atoms with van der Waals surface area (Å²) in [5.41, 5.74) is 1.19. The molecule has 0 saturated heterocycles. The molecule has 0 fully saturated rings. The minimum atomic E-state index is -1.55. The Balaban J connectivity index is 1.83. The molecule has 7 nitrogen and oxygen atoms in total. The standard InChI is InChI=1S/C27H34N2O5/c1-4-29(19-22(24(30)33-5-2)17-16-20-12-8-7-9-13-20)25(31)27(26(32)34-6-3)18-21-14-10-11-15-23(21)28-27/h7-15,22,28H,4-6,16-19H2,1-3H3/t22-,27?/m0/s1. The summed E-state index contributed by atoms with van der Waals surface area (Å²) >= 11 is 0. The number of amides is 1. The topological polar surface area (TPSA) is 84.9 Å². The largest absolute Gasteiger partial charge is 0.466 e. The summed E-state index contributed by atoms with van der Waals surface area (Å²) in [5.74, 6) is -1.84. The maximum atomic E-state index is 13.9. The van der Waals surface area contributed by atoms with Crippen LogP contribution in [0.3, 0.4) is 0 Å². The Hall–Kier alpha value is -3.35. The highest BCUT2D eigenvalue weighted by molar-refractivity contribution is 6.12. The van der Waals surface area contributed by atoms with Gasteiger partial charge in [0.15, 0.2) is 0 Å². The summed E-state index contributed by atoms with van der Waals surface area (Å²) in [6.45, 7) is 6.28. The van der Waals surface area contributed by atoms with Gasteiger partial charge in [-0.3, -0.25) is 9.59 Å². The fourth-order valence-electron chi connectivity index (χ4n) is 4.37. The third-order valence-electron chi connectivity index (χ3n) is 6.16. The van der Waals surface area contributed by atoms with E-state index in [1.165, 1.54) is 0 Å². The quantitative estimate of drug-likeness (QED) is 0.402. The molecule has 1 N–H and O–H groups in total. The molecule has 3 rings (SSSR count). The number of hydrogen-bond donors (Lipinski definition) is 1. The van der Waals surface area contributed by atoms with E-state index in [9.17, 15) is 14.4 Å². The Kier molecular flexibility index (Phi) is 8.68. The zero-order valence-corrected chi connectivity index (χ0v) is 20.2. The highest BCUT2D eigenvalue weighted by Gasteiger charge is 2.53. The van der Waals surface area contributed by atoms with Gasteiger partial charge in [0.1, 0.15) is 0 Å². The number of benzene rings is 2. The molecular formula is C27H34N2O5. The van der Waals surface area contributed by atoms with E-state index >= 15 is 0 Å². The van der Waals surface area contributed by atoms with Crippen molar-refractivity contribution in [2.24, 2.45) is 5.92 Å². The van der Waals surface area contributed by atoms with Gasteiger partial charge in [-0.2, -0.15) is 0 Å². The average molecular weight is 467 g/mol. The van der Waals surface area contributed by atoms with Crippen molar-refractivity contribution in [3.05, 3.63) is 65.7 Å². The summed E-state index contributed by atoms with van der Waals surface area (Å²) in [6, 6.07) is 17.4. The number of carbonyl (C=O) groups is 3. The van der Waals surface area contributed by atoms with Gasteiger partial charge in [-0.15, -0.1) is 0 Å². The van der Waals surface area contributed by atoms with E-state index < -0.39 is 23.3 Å². The lowest BCUT2D eigenvalue weighted by atomic mass is 9.92. The SMILES string of the molecule is CCOC(=O)[C@@H](CCc1ccccc1)CN(CC)C(=O)C1(C(=O)OCC)Cc2ccccc2N1. The first-order chi connectivity index (χ1) is 16.4. The second-order valence-electron chi connectivity index (χ2n) is 8.40. The molecule has 0 saturated carbocycles. The minimum absolute atomic E-state index is 0.167. The van der Waals surface area contributed by atoms with Crippen LogP contribution in [0.1, 0.15) is 38.3 Å². The highest BCUT2D eigenvalue weighted by Crippen LogP contribution is 2.35. The van der Waals surface area contributed by atoms with Crippen molar-refractivity contribution in [3.63, 3.8) is 0 Å². The molecule has 0 bridgehead atoms. The predicted octanol–water partition coefficient (Wildman–Crippen LogP) is 3.62. The molecular weight excluding hydrogens is 432 g/mol. The molecule has 0 radical (unpaired) electrons. The molecule has 34 heavy (non-hydrogen) atoms. The number of hydrogen-bond acceptors (Lipinski definition) is 6. The third-order valence-corrected chi connectivity index (χ3v) is 6.16. The average Bonchev–Trinajstić information content (AvgIpc) is 3.26. The molecule has 2 atom stereocenters. The summed E-state index contributed by atoms with van der Waals surface area (Å²) in [4.78, 5) is 41.3. The molecule has 1 amide bonds. The smallest absolute Gasteiger partial charge is 0.342 e. The van der Waals surface area contributed by atoms with Crippen LogP contribution >= 0.6 is 0 Å². The van der Waals surface area contributed by atoms with Gasteiger partial charge in [-0.05, 0) is 50.8 Å². The van der Waals surface area contributed by atoms with Crippen LogP contribution in [0, 0.1) is 5.92 Å². The Bertz CT molecular complexity index is 967. The second-order valence-corrected chi connectivity index (χ2v) is 8.40. The lowest BCUT2D eigenvalue weighted by Crippen LogP contribution is -2.60. The maximum absolute atomic E-state index is 13.9. The molecule has 1 aliphatic heterocycles. The Morgan fingerprint density at radius 3 is 2.29 bits per heavy atom. The molecule has 1 aliphatic rings. The van der Waals surface area contributed by atoms with Crippen LogP contribution < -0.4 is 5.32 Å². The van der Waals surface area contributed by atoms with E-state index in [4.69, 9.17) is 9.47 Å². The number of esters is 2. The predicted molar refractivity (Wildman–Crippen MR) is 130 cm³/mol. The van der Waals surface area contributed by atoms with Crippen LogP contribution in [0.5, 0.6) is 0 Å². The van der Waals surface area contributed by atoms with Crippen LogP contribution in [-0.4, -0.2) is 54.6 Å². The normalized spacial score (nSPS) is 17.3. The number of fused-ring (bicyclic) bond motifs is 1. The first-order valence-electron chi connectivity index (χ1n) is 12.0. The summed E-state index contributed by atoms with van der Waals surface area (Å²) in [7, 11) is 0. The van der Waals surface area contributed by atoms with Gasteiger partial charge >= 0.3 is 11.9 Å². The minimum Gasteiger partial charge on any atom is -0.466 e. The van der Waals surface area contributed by atoms with Crippen molar-refractivity contribution in [2.75, 3.05) is 31.6 Å². The first-order valence-corrected chi connectivity index (χ1v) is 12.0. The number of aryl methyl sites for hydroxylation is 1. The van der Waals surface area contributed by atoms with E-state index in [0.717, 1.165) is 16.8 Å². The van der Waals surface area contributed by atoms with Crippen LogP contribution in [0.25, 0.3) is 0 Å². The van der Waals surface area contributed by atoms with Gasteiger partial charge in [0, 0.05) is 25.2 Å². The van der Waals surface area contributed by atoms with Gasteiger partial charge in [-0.25, -0.2) is 4.79 Å². The van der Waals surface area contributed by atoms with E-state index in [1.807, 2.05) is 61.5 Å². The molecule has 1 heterocycles. The Morgan fingerprint density at radius 2 is 1.65 bits per heavy atom. The number of nitrogens with zero attached hydrogens (tertiary/aromatic N) is 1. The third kappa shape index (κ3) is 5.58. The highest BCUT2D eigenvalue weighted by atomic mass is 16.5. The number of ether oxygens (including phenoxy) is 2. The van der Waals surface area contributed by atoms with Gasteiger partial charge in [0.05, 0.1) is 19.1 Å². The van der Waals surface area contributed by atoms with Gasteiger partial charge < -0.3 is 19.7 Å². The lowest BCUT2D eigenvalue weighted by molar-refractivity contribution is -0.157. The monoisotopic (exact) mass is 466 g/mol. The number of nitrogens with one attached hydrogen (secondary N) is 1. The van der Waals surface area contributed by atoms with Gasteiger partial charge in [0.25, 0.3) is 5.91 Å². The molecule has 182 valence electrons. The number of anilines is 1. The number of para-hydroxylation sites is 1. The van der Waals surface area contributed by atoms with Crippen molar-refractivity contribution >= 4 is 23.5 Å². The van der Waals surface area contributed by atoms with Crippen LogP contribution in [-0.2, 0) is 36.7 Å². The first kappa shape index (κ1) is 25.3. The lowest BCUT2D eigenvalue weighted by Gasteiger charge is -2.34. The molecule has 0 spiro atoms. The summed E-state index contributed by atoms with van der Waals surface area (Å²) < 4.78 is 10.7. The molecule has 7 heteroatoms. The van der Waals surface area contributed by atoms with E-state index in [2.05, 4.69) is 5.32 Å². The Morgan fingerprint density at radius 1 is 0.971 bits per heavy atom. The van der Waals surface area contributed by atoms with Gasteiger partial charge in [0.2, 0.25) is 5.54 Å². The van der Waals surface area contributed by atoms with Crippen LogP contribution in [0.2, 0.25) is 0 Å². The fraction of sp³-hybridized carbons (Fsp3) is 0.444. The molecule has 2 aromatic rings. The van der Waals surface area contributed by atoms with Crippen molar-refractivity contribution in [2.45, 2.75) is 45.6 Å². The zero-order valence-electron chi connectivity index (χ0n) is 20.2. The maximum Gasteiger partial charge on any atom is 0.342 e. The van der Waals surface area contributed by atoms with E-state index in [0.29, 0.717) is 19.4 Å². The van der Waals surface area contributed by atoms with Crippen LogP contribution in [0.15, 0.2) is 54.6 Å². The van der Waals surface area contributed by atoms with Crippen molar-refractivity contribution in [1.29, 1.82) is 0 Å². The van der Waals surface area contributed by atoms with E-state index in [-0.39, 0.29) is 32.1 Å². The van der Waals surface area contributed by atoms with Crippen molar-refractivity contribution in [1.82, 2.24) is 4.90 Å². The van der Waals surface area contributed by atoms with E-state index in [1.54, 1.807) is 18.7 Å². The molecule has 0 aromatic heterocycles. The van der Waals surface area contributed by atoms with Crippen molar-refractivity contribution in [3.8, 4) is 0 Å².